The monoisotopic (exact) mass is 234 g/mol. The minimum absolute atomic E-state index is 0.209. The first kappa shape index (κ1) is 13.9. The molecular formula is C13H24F2O. The van der Waals surface area contributed by atoms with Crippen LogP contribution >= 0.6 is 0 Å². The molecule has 1 saturated carbocycles. The molecule has 0 atom stereocenters. The second-order valence-corrected chi connectivity index (χ2v) is 4.78. The van der Waals surface area contributed by atoms with Crippen molar-refractivity contribution in [1.29, 1.82) is 0 Å². The van der Waals surface area contributed by atoms with Gasteiger partial charge in [-0.2, -0.15) is 8.78 Å². The molecule has 0 aromatic rings. The van der Waals surface area contributed by atoms with Gasteiger partial charge in [0, 0.05) is 0 Å². The maximum atomic E-state index is 12.2. The maximum Gasteiger partial charge on any atom is 0.345 e. The summed E-state index contributed by atoms with van der Waals surface area (Å²) in [6.07, 6.45) is 12.3. The second kappa shape index (κ2) is 8.91. The van der Waals surface area contributed by atoms with Gasteiger partial charge in [-0.25, -0.2) is 0 Å². The van der Waals surface area contributed by atoms with Gasteiger partial charge in [0.15, 0.2) is 0 Å². The van der Waals surface area contributed by atoms with Crippen LogP contribution in [0.25, 0.3) is 0 Å². The Hall–Kier alpha value is -0.180. The van der Waals surface area contributed by atoms with E-state index in [4.69, 9.17) is 0 Å². The Morgan fingerprint density at radius 3 is 1.44 bits per heavy atom. The molecule has 1 aliphatic rings. The zero-order chi connectivity index (χ0) is 11.6. The van der Waals surface area contributed by atoms with Crippen LogP contribution in [-0.4, -0.2) is 12.7 Å². The maximum absolute atomic E-state index is 12.2. The van der Waals surface area contributed by atoms with Crippen LogP contribution < -0.4 is 0 Å². The molecule has 0 heterocycles. The molecule has 96 valence electrons. The Morgan fingerprint density at radius 1 is 0.688 bits per heavy atom. The molecule has 1 fully saturated rings. The van der Waals surface area contributed by atoms with Crippen molar-refractivity contribution in [2.24, 2.45) is 0 Å². The Kier molecular flexibility index (Phi) is 7.73. The normalized spacial score (nSPS) is 22.7. The number of rotatable bonds is 2. The molecule has 0 N–H and O–H groups in total. The van der Waals surface area contributed by atoms with Crippen LogP contribution in [0.2, 0.25) is 0 Å². The molecule has 16 heavy (non-hydrogen) atoms. The van der Waals surface area contributed by atoms with Crippen molar-refractivity contribution in [3.8, 4) is 0 Å². The Bertz CT molecular complexity index is 150. The zero-order valence-electron chi connectivity index (χ0n) is 10.1. The third-order valence-electron chi connectivity index (χ3n) is 3.35. The summed E-state index contributed by atoms with van der Waals surface area (Å²) < 4.78 is 29.0. The van der Waals surface area contributed by atoms with Gasteiger partial charge in [-0.3, -0.25) is 0 Å². The molecule has 0 spiro atoms. The number of hydrogen-bond acceptors (Lipinski definition) is 1. The predicted molar refractivity (Wildman–Crippen MR) is 61.7 cm³/mol. The van der Waals surface area contributed by atoms with Crippen molar-refractivity contribution in [3.63, 3.8) is 0 Å². The lowest BCUT2D eigenvalue weighted by molar-refractivity contribution is -0.166. The van der Waals surface area contributed by atoms with E-state index in [0.29, 0.717) is 0 Å². The summed E-state index contributed by atoms with van der Waals surface area (Å²) in [5.41, 5.74) is 0. The van der Waals surface area contributed by atoms with Gasteiger partial charge in [-0.05, 0) is 12.8 Å². The SMILES string of the molecule is FC(F)OC1CCCCCCCCCCC1. The minimum Gasteiger partial charge on any atom is -0.320 e. The van der Waals surface area contributed by atoms with E-state index in [-0.39, 0.29) is 6.10 Å². The van der Waals surface area contributed by atoms with Crippen LogP contribution in [0.1, 0.15) is 70.6 Å². The summed E-state index contributed by atoms with van der Waals surface area (Å²) >= 11 is 0. The fourth-order valence-electron chi connectivity index (χ4n) is 2.41. The molecule has 0 aromatic carbocycles. The zero-order valence-corrected chi connectivity index (χ0v) is 10.1. The topological polar surface area (TPSA) is 9.23 Å². The van der Waals surface area contributed by atoms with Gasteiger partial charge in [0.05, 0.1) is 6.10 Å². The molecule has 1 aliphatic carbocycles. The van der Waals surface area contributed by atoms with Crippen LogP contribution in [-0.2, 0) is 4.74 Å². The Balaban J connectivity index is 2.24. The number of alkyl halides is 2. The van der Waals surface area contributed by atoms with Crippen LogP contribution in [0.3, 0.4) is 0 Å². The minimum atomic E-state index is -2.60. The highest BCUT2D eigenvalue weighted by molar-refractivity contribution is 4.61. The lowest BCUT2D eigenvalue weighted by Gasteiger charge is -2.17. The molecule has 0 aromatic heterocycles. The summed E-state index contributed by atoms with van der Waals surface area (Å²) in [6.45, 7) is -2.60. The van der Waals surface area contributed by atoms with Gasteiger partial charge in [0.1, 0.15) is 0 Å². The van der Waals surface area contributed by atoms with Crippen molar-refractivity contribution in [1.82, 2.24) is 0 Å². The highest BCUT2D eigenvalue weighted by Gasteiger charge is 2.14. The van der Waals surface area contributed by atoms with Crippen molar-refractivity contribution in [2.45, 2.75) is 83.3 Å². The van der Waals surface area contributed by atoms with Gasteiger partial charge in [0.2, 0.25) is 0 Å². The number of hydrogen-bond donors (Lipinski definition) is 0. The van der Waals surface area contributed by atoms with Crippen LogP contribution in [0.5, 0.6) is 0 Å². The van der Waals surface area contributed by atoms with Crippen molar-refractivity contribution in [3.05, 3.63) is 0 Å². The van der Waals surface area contributed by atoms with Gasteiger partial charge < -0.3 is 4.74 Å². The van der Waals surface area contributed by atoms with E-state index in [9.17, 15) is 8.78 Å². The first-order valence-electron chi connectivity index (χ1n) is 6.72. The van der Waals surface area contributed by atoms with E-state index in [1.54, 1.807) is 0 Å². The summed E-state index contributed by atoms with van der Waals surface area (Å²) in [6, 6.07) is 0. The van der Waals surface area contributed by atoms with E-state index in [0.717, 1.165) is 25.7 Å². The van der Waals surface area contributed by atoms with E-state index in [1.807, 2.05) is 0 Å². The van der Waals surface area contributed by atoms with Crippen molar-refractivity contribution in [2.75, 3.05) is 0 Å². The van der Waals surface area contributed by atoms with E-state index >= 15 is 0 Å². The highest BCUT2D eigenvalue weighted by Crippen LogP contribution is 2.20. The third kappa shape index (κ3) is 7.15. The van der Waals surface area contributed by atoms with Gasteiger partial charge in [-0.15, -0.1) is 0 Å². The fourth-order valence-corrected chi connectivity index (χ4v) is 2.41. The van der Waals surface area contributed by atoms with Crippen LogP contribution in [0.15, 0.2) is 0 Å². The molecule has 1 nitrogen and oxygen atoms in total. The molecule has 0 aliphatic heterocycles. The quantitative estimate of drug-likeness (QED) is 0.660. The predicted octanol–water partition coefficient (Wildman–Crippen LogP) is 4.90. The highest BCUT2D eigenvalue weighted by atomic mass is 19.3. The second-order valence-electron chi connectivity index (χ2n) is 4.78. The largest absolute Gasteiger partial charge is 0.345 e. The fraction of sp³-hybridized carbons (Fsp3) is 1.00. The average Bonchev–Trinajstić information content (AvgIpc) is 2.21. The van der Waals surface area contributed by atoms with E-state index in [2.05, 4.69) is 4.74 Å². The average molecular weight is 234 g/mol. The molecule has 0 saturated heterocycles. The molecule has 3 heteroatoms. The van der Waals surface area contributed by atoms with Crippen molar-refractivity contribution >= 4 is 0 Å². The third-order valence-corrected chi connectivity index (χ3v) is 3.35. The Morgan fingerprint density at radius 2 is 1.06 bits per heavy atom. The van der Waals surface area contributed by atoms with Crippen molar-refractivity contribution < 1.29 is 13.5 Å². The lowest BCUT2D eigenvalue weighted by atomic mass is 9.99. The standard InChI is InChI=1S/C13H24F2O/c14-13(15)16-12-10-8-6-4-2-1-3-5-7-9-11-12/h12-13H,1-11H2. The van der Waals surface area contributed by atoms with E-state index < -0.39 is 6.61 Å². The summed E-state index contributed by atoms with van der Waals surface area (Å²) in [4.78, 5) is 0. The van der Waals surface area contributed by atoms with E-state index in [1.165, 1.54) is 44.9 Å². The van der Waals surface area contributed by atoms with Gasteiger partial charge in [0.25, 0.3) is 0 Å². The molecule has 0 bridgehead atoms. The van der Waals surface area contributed by atoms with Crippen LogP contribution in [0.4, 0.5) is 8.78 Å². The smallest absolute Gasteiger partial charge is 0.320 e. The lowest BCUT2D eigenvalue weighted by Crippen LogP contribution is -2.16. The number of ether oxygens (including phenoxy) is 1. The first-order chi connectivity index (χ1) is 7.79. The van der Waals surface area contributed by atoms with Gasteiger partial charge >= 0.3 is 6.61 Å². The van der Waals surface area contributed by atoms with Crippen LogP contribution in [0, 0.1) is 0 Å². The molecule has 0 unspecified atom stereocenters. The summed E-state index contributed by atoms with van der Waals surface area (Å²) in [5.74, 6) is 0. The molecular weight excluding hydrogens is 210 g/mol. The van der Waals surface area contributed by atoms with Gasteiger partial charge in [-0.1, -0.05) is 57.8 Å². The summed E-state index contributed by atoms with van der Waals surface area (Å²) in [5, 5.41) is 0. The summed E-state index contributed by atoms with van der Waals surface area (Å²) in [7, 11) is 0. The molecule has 1 rings (SSSR count). The molecule has 0 amide bonds. The number of halogens is 2. The Labute approximate surface area is 97.6 Å². The molecule has 0 radical (unpaired) electrons. The first-order valence-corrected chi connectivity index (χ1v) is 6.72.